The molecule has 0 atom stereocenters. The smallest absolute Gasteiger partial charge is 0.0998 e. The van der Waals surface area contributed by atoms with Crippen LogP contribution in [0.5, 0.6) is 0 Å². The van der Waals surface area contributed by atoms with Crippen molar-refractivity contribution in [2.24, 2.45) is 0 Å². The summed E-state index contributed by atoms with van der Waals surface area (Å²) in [6.45, 7) is 2.20. The first kappa shape index (κ1) is 8.30. The number of nitrogens with one attached hydrogen (secondary N) is 1. The zero-order valence-electron chi connectivity index (χ0n) is 7.88. The fraction of sp³-hybridized carbons (Fsp3) is 0.364. The Bertz CT molecular complexity index is 329. The van der Waals surface area contributed by atoms with Gasteiger partial charge >= 0.3 is 0 Å². The van der Waals surface area contributed by atoms with Crippen molar-refractivity contribution >= 4 is 11.4 Å². The van der Waals surface area contributed by atoms with Crippen LogP contribution in [0.2, 0.25) is 0 Å². The van der Waals surface area contributed by atoms with Gasteiger partial charge in [-0.25, -0.2) is 0 Å². The molecule has 0 saturated heterocycles. The Kier molecular flexibility index (Phi) is 2.30. The number of fused-ring (bicyclic) bond motifs is 1. The van der Waals surface area contributed by atoms with Gasteiger partial charge in [0.1, 0.15) is 5.69 Å². The second kappa shape index (κ2) is 3.60. The Morgan fingerprint density at radius 2 is 2.15 bits per heavy atom. The topological polar surface area (TPSA) is 26.1 Å². The summed E-state index contributed by atoms with van der Waals surface area (Å²) >= 11 is 0. The van der Waals surface area contributed by atoms with Gasteiger partial charge in [-0.3, -0.25) is 0 Å². The molecule has 67 valence electrons. The quantitative estimate of drug-likeness (QED) is 0.748. The molecule has 0 spiro atoms. The summed E-state index contributed by atoms with van der Waals surface area (Å²) < 4.78 is 0. The van der Waals surface area contributed by atoms with Crippen molar-refractivity contribution in [2.75, 3.05) is 5.43 Å². The molecule has 2 rings (SSSR count). The van der Waals surface area contributed by atoms with Gasteiger partial charge < -0.3 is 0 Å². The van der Waals surface area contributed by atoms with Crippen LogP contribution in [-0.2, 0) is 0 Å². The Balaban J connectivity index is 2.16. The molecule has 0 bridgehead atoms. The molecule has 1 aromatic carbocycles. The van der Waals surface area contributed by atoms with Crippen molar-refractivity contribution in [3.63, 3.8) is 0 Å². The van der Waals surface area contributed by atoms with Crippen LogP contribution in [0.3, 0.4) is 0 Å². The van der Waals surface area contributed by atoms with Gasteiger partial charge in [0, 0.05) is 6.42 Å². The van der Waals surface area contributed by atoms with E-state index in [1.807, 2.05) is 6.07 Å². The lowest BCUT2D eigenvalue weighted by Crippen LogP contribution is -2.04. The Labute approximate surface area is 78.7 Å². The minimum Gasteiger partial charge on any atom is -0.0998 e. The van der Waals surface area contributed by atoms with Gasteiger partial charge in [-0.15, -0.1) is 0 Å². The highest BCUT2D eigenvalue weighted by molar-refractivity contribution is 6.07. The highest BCUT2D eigenvalue weighted by Crippen LogP contribution is 2.20. The standard InChI is InChI=1S/C11H14N2/c1-2-3-7-10-9-6-4-5-8-11(9)13-12-10/h4-6,8,13H,2-3,7H2,1H3/q+1. The van der Waals surface area contributed by atoms with E-state index in [0.717, 1.165) is 12.1 Å². The molecule has 0 aromatic heterocycles. The lowest BCUT2D eigenvalue weighted by molar-refractivity contribution is 0.833. The van der Waals surface area contributed by atoms with Gasteiger partial charge in [0.05, 0.1) is 5.56 Å². The van der Waals surface area contributed by atoms with E-state index >= 15 is 0 Å². The molecule has 1 aliphatic rings. The molecule has 0 saturated carbocycles. The predicted octanol–water partition coefficient (Wildman–Crippen LogP) is 2.34. The lowest BCUT2D eigenvalue weighted by atomic mass is 10.0. The molecular weight excluding hydrogens is 160 g/mol. The summed E-state index contributed by atoms with van der Waals surface area (Å²) in [4.78, 5) is 0. The third-order valence-corrected chi connectivity index (χ3v) is 2.32. The van der Waals surface area contributed by atoms with Gasteiger partial charge in [-0.2, -0.15) is 0 Å². The maximum Gasteiger partial charge on any atom is 0.296 e. The number of hydrogen-bond acceptors (Lipinski definition) is 2. The Morgan fingerprint density at radius 1 is 1.31 bits per heavy atom. The van der Waals surface area contributed by atoms with Gasteiger partial charge in [-0.1, -0.05) is 30.9 Å². The highest BCUT2D eigenvalue weighted by atomic mass is 15.3. The number of benzene rings is 1. The minimum absolute atomic E-state index is 1.08. The van der Waals surface area contributed by atoms with Crippen molar-refractivity contribution in [3.05, 3.63) is 29.8 Å². The number of hydrogen-bond donors (Lipinski definition) is 1. The molecule has 0 amide bonds. The van der Waals surface area contributed by atoms with Crippen LogP contribution in [0, 0.1) is 0 Å². The van der Waals surface area contributed by atoms with Crippen LogP contribution >= 0.6 is 0 Å². The Hall–Kier alpha value is -1.31. The largest absolute Gasteiger partial charge is 0.296 e. The van der Waals surface area contributed by atoms with Crippen LogP contribution in [0.25, 0.3) is 0 Å². The summed E-state index contributed by atoms with van der Waals surface area (Å²) in [6.07, 6.45) is 3.52. The van der Waals surface area contributed by atoms with Crippen molar-refractivity contribution in [1.29, 1.82) is 0 Å². The number of rotatable bonds is 3. The summed E-state index contributed by atoms with van der Waals surface area (Å²) in [5, 5.41) is 4.31. The summed E-state index contributed by atoms with van der Waals surface area (Å²) in [6, 6.07) is 8.29. The zero-order chi connectivity index (χ0) is 9.10. The fourth-order valence-corrected chi connectivity index (χ4v) is 1.55. The van der Waals surface area contributed by atoms with Crippen molar-refractivity contribution < 1.29 is 0 Å². The molecule has 1 aliphatic heterocycles. The van der Waals surface area contributed by atoms with E-state index in [0.29, 0.717) is 0 Å². The van der Waals surface area contributed by atoms with Crippen LogP contribution in [0.15, 0.2) is 24.3 Å². The van der Waals surface area contributed by atoms with E-state index in [9.17, 15) is 0 Å². The average molecular weight is 174 g/mol. The van der Waals surface area contributed by atoms with E-state index in [1.165, 1.54) is 24.1 Å². The normalized spacial score (nSPS) is 13.5. The SMILES string of the molecule is CCCCC1=[N+]Nc2ccccc21. The van der Waals surface area contributed by atoms with Crippen molar-refractivity contribution in [2.45, 2.75) is 26.2 Å². The van der Waals surface area contributed by atoms with Crippen LogP contribution < -0.4 is 10.5 Å². The zero-order valence-corrected chi connectivity index (χ0v) is 7.88. The summed E-state index contributed by atoms with van der Waals surface area (Å²) in [5.74, 6) is 0. The minimum atomic E-state index is 1.08. The van der Waals surface area contributed by atoms with Gasteiger partial charge in [0.25, 0.3) is 5.71 Å². The molecule has 1 aromatic rings. The molecule has 2 heteroatoms. The molecule has 0 unspecified atom stereocenters. The second-order valence-corrected chi connectivity index (χ2v) is 3.32. The first-order chi connectivity index (χ1) is 6.42. The van der Waals surface area contributed by atoms with E-state index < -0.39 is 0 Å². The van der Waals surface area contributed by atoms with Gasteiger partial charge in [0.15, 0.2) is 5.10 Å². The van der Waals surface area contributed by atoms with Gasteiger partial charge in [0.2, 0.25) is 0 Å². The van der Waals surface area contributed by atoms with Crippen molar-refractivity contribution in [1.82, 2.24) is 5.10 Å². The lowest BCUT2D eigenvalue weighted by Gasteiger charge is -1.92. The Morgan fingerprint density at radius 3 is 3.00 bits per heavy atom. The monoisotopic (exact) mass is 174 g/mol. The molecule has 13 heavy (non-hydrogen) atoms. The van der Waals surface area contributed by atoms with Crippen LogP contribution in [0.1, 0.15) is 31.7 Å². The first-order valence-corrected chi connectivity index (χ1v) is 4.84. The number of hydrazone groups is 1. The average Bonchev–Trinajstić information content (AvgIpc) is 2.58. The molecule has 0 aliphatic carbocycles. The summed E-state index contributed by atoms with van der Waals surface area (Å²) in [5.41, 5.74) is 6.67. The van der Waals surface area contributed by atoms with E-state index in [4.69, 9.17) is 0 Å². The maximum atomic E-state index is 4.31. The molecule has 0 fully saturated rings. The van der Waals surface area contributed by atoms with Crippen LogP contribution in [0.4, 0.5) is 5.69 Å². The number of nitrogens with zero attached hydrogens (tertiary/aromatic N) is 1. The van der Waals surface area contributed by atoms with E-state index in [-0.39, 0.29) is 0 Å². The van der Waals surface area contributed by atoms with Crippen LogP contribution in [-0.4, -0.2) is 5.71 Å². The molecule has 1 heterocycles. The number of anilines is 1. The maximum absolute atomic E-state index is 4.31. The number of unbranched alkanes of at least 4 members (excludes halogenated alkanes) is 1. The third kappa shape index (κ3) is 1.57. The second-order valence-electron chi connectivity index (χ2n) is 3.32. The highest BCUT2D eigenvalue weighted by Gasteiger charge is 2.25. The molecule has 1 radical (unpaired) electrons. The molecule has 2 nitrogen and oxygen atoms in total. The fourth-order valence-electron chi connectivity index (χ4n) is 1.55. The third-order valence-electron chi connectivity index (χ3n) is 2.32. The molecule has 1 N–H and O–H groups in total. The molecular formula is C11H14N2+. The predicted molar refractivity (Wildman–Crippen MR) is 55.8 cm³/mol. The number of para-hydroxylation sites is 1. The van der Waals surface area contributed by atoms with Crippen molar-refractivity contribution in [3.8, 4) is 0 Å². The van der Waals surface area contributed by atoms with E-state index in [1.54, 1.807) is 0 Å². The summed E-state index contributed by atoms with van der Waals surface area (Å²) in [7, 11) is 0. The first-order valence-electron chi connectivity index (χ1n) is 4.84. The van der Waals surface area contributed by atoms with E-state index in [2.05, 4.69) is 35.7 Å². The van der Waals surface area contributed by atoms with Gasteiger partial charge in [-0.05, 0) is 18.6 Å².